The second kappa shape index (κ2) is 8.85. The monoisotopic (exact) mass is 454 g/mol. The third-order valence-electron chi connectivity index (χ3n) is 4.89. The van der Waals surface area contributed by atoms with Crippen LogP contribution < -0.4 is 4.74 Å². The van der Waals surface area contributed by atoms with E-state index >= 15 is 0 Å². The van der Waals surface area contributed by atoms with Crippen LogP contribution in [0.4, 0.5) is 0 Å². The summed E-state index contributed by atoms with van der Waals surface area (Å²) in [4.78, 5) is 28.8. The number of amides is 2. The molecule has 1 aromatic carbocycles. The van der Waals surface area contributed by atoms with Crippen molar-refractivity contribution in [1.29, 1.82) is 0 Å². The van der Waals surface area contributed by atoms with Gasteiger partial charge in [0.25, 0.3) is 5.91 Å². The smallest absolute Gasteiger partial charge is 0.266 e. The van der Waals surface area contributed by atoms with Gasteiger partial charge in [-0.05, 0) is 37.1 Å². The molecule has 2 heterocycles. The van der Waals surface area contributed by atoms with E-state index in [-0.39, 0.29) is 35.9 Å². The molecule has 0 aromatic heterocycles. The van der Waals surface area contributed by atoms with Crippen LogP contribution >= 0.6 is 24.0 Å². The third-order valence-corrected chi connectivity index (χ3v) is 8.02. The normalized spacial score (nSPS) is 22.3. The van der Waals surface area contributed by atoms with Gasteiger partial charge in [-0.1, -0.05) is 36.1 Å². The number of methoxy groups -OCH3 is 1. The zero-order valence-corrected chi connectivity index (χ0v) is 18.6. The average Bonchev–Trinajstić information content (AvgIpc) is 3.16. The number of likely N-dealkylation sites (N-methyl/N-ethyl adjacent to an activating group) is 1. The summed E-state index contributed by atoms with van der Waals surface area (Å²) >= 11 is 6.45. The van der Waals surface area contributed by atoms with Crippen molar-refractivity contribution in [3.63, 3.8) is 0 Å². The Morgan fingerprint density at radius 1 is 1.38 bits per heavy atom. The summed E-state index contributed by atoms with van der Waals surface area (Å²) in [7, 11) is -1.52. The molecule has 0 radical (unpaired) electrons. The maximum absolute atomic E-state index is 12.8. The first-order chi connectivity index (χ1) is 13.7. The van der Waals surface area contributed by atoms with Gasteiger partial charge >= 0.3 is 0 Å². The molecule has 2 aliphatic heterocycles. The van der Waals surface area contributed by atoms with Gasteiger partial charge in [0.1, 0.15) is 16.6 Å². The second-order valence-electron chi connectivity index (χ2n) is 6.78. The molecule has 2 amide bonds. The van der Waals surface area contributed by atoms with Crippen molar-refractivity contribution in [3.8, 4) is 5.75 Å². The van der Waals surface area contributed by atoms with Gasteiger partial charge in [-0.2, -0.15) is 0 Å². The van der Waals surface area contributed by atoms with Crippen molar-refractivity contribution in [3.05, 3.63) is 34.7 Å². The maximum Gasteiger partial charge on any atom is 0.266 e. The summed E-state index contributed by atoms with van der Waals surface area (Å²) in [6, 6.07) is 6.91. The van der Waals surface area contributed by atoms with E-state index in [1.807, 2.05) is 12.1 Å². The first kappa shape index (κ1) is 21.8. The Hall–Kier alpha value is -1.91. The van der Waals surface area contributed by atoms with Crippen LogP contribution in [0.25, 0.3) is 6.08 Å². The number of carbonyl (C=O) groups excluding carboxylic acids is 2. The molecule has 29 heavy (non-hydrogen) atoms. The van der Waals surface area contributed by atoms with Gasteiger partial charge in [-0.25, -0.2) is 8.42 Å². The van der Waals surface area contributed by atoms with Gasteiger partial charge in [0.05, 0.1) is 23.5 Å². The van der Waals surface area contributed by atoms with Gasteiger partial charge < -0.3 is 9.64 Å². The highest BCUT2D eigenvalue weighted by Crippen LogP contribution is 2.33. The summed E-state index contributed by atoms with van der Waals surface area (Å²) in [5.41, 5.74) is 0.823. The first-order valence-corrected chi connectivity index (χ1v) is 12.2. The number of sulfone groups is 1. The van der Waals surface area contributed by atoms with Crippen molar-refractivity contribution in [2.24, 2.45) is 0 Å². The second-order valence-corrected chi connectivity index (χ2v) is 10.7. The molecule has 10 heteroatoms. The standard InChI is InChI=1S/C19H22N2O5S3/c1-3-20(14-8-9-29(24,25)12-14)17(22)11-21-18(23)16(28-19(21)27)10-13-4-6-15(26-2)7-5-13/h4-7,10,14H,3,8-9,11-12H2,1-2H3. The number of hydrogen-bond acceptors (Lipinski definition) is 7. The number of benzene rings is 1. The predicted molar refractivity (Wildman–Crippen MR) is 117 cm³/mol. The summed E-state index contributed by atoms with van der Waals surface area (Å²) in [5.74, 6) is 0.167. The van der Waals surface area contributed by atoms with Gasteiger partial charge in [0, 0.05) is 12.6 Å². The van der Waals surface area contributed by atoms with Gasteiger partial charge in [0.15, 0.2) is 9.84 Å². The lowest BCUT2D eigenvalue weighted by atomic mass is 10.2. The number of nitrogens with zero attached hydrogens (tertiary/aromatic N) is 2. The number of thioether (sulfide) groups is 1. The van der Waals surface area contributed by atoms with E-state index in [2.05, 4.69) is 0 Å². The lowest BCUT2D eigenvalue weighted by Gasteiger charge is -2.28. The van der Waals surface area contributed by atoms with Crippen molar-refractivity contribution < 1.29 is 22.7 Å². The number of thiocarbonyl (C=S) groups is 1. The summed E-state index contributed by atoms with van der Waals surface area (Å²) < 4.78 is 28.9. The van der Waals surface area contributed by atoms with E-state index in [0.717, 1.165) is 17.3 Å². The number of rotatable bonds is 6. The molecule has 0 N–H and O–H groups in total. The highest BCUT2D eigenvalue weighted by Gasteiger charge is 2.38. The van der Waals surface area contributed by atoms with Crippen LogP contribution in [0.5, 0.6) is 5.75 Å². The molecule has 156 valence electrons. The molecular formula is C19H22N2O5S3. The topological polar surface area (TPSA) is 84.0 Å². The molecule has 0 bridgehead atoms. The van der Waals surface area contributed by atoms with Gasteiger partial charge in [-0.3, -0.25) is 14.5 Å². The highest BCUT2D eigenvalue weighted by molar-refractivity contribution is 8.26. The highest BCUT2D eigenvalue weighted by atomic mass is 32.2. The van der Waals surface area contributed by atoms with Crippen LogP contribution in [-0.2, 0) is 19.4 Å². The largest absolute Gasteiger partial charge is 0.497 e. The molecule has 0 spiro atoms. The predicted octanol–water partition coefficient (Wildman–Crippen LogP) is 1.93. The van der Waals surface area contributed by atoms with Crippen LogP contribution in [0.1, 0.15) is 18.9 Å². The minimum absolute atomic E-state index is 0.0255. The van der Waals surface area contributed by atoms with Crippen molar-refractivity contribution in [1.82, 2.24) is 9.80 Å². The number of ether oxygens (including phenoxy) is 1. The molecule has 2 aliphatic rings. The zero-order chi connectivity index (χ0) is 21.2. The molecule has 2 fully saturated rings. The third kappa shape index (κ3) is 4.99. The molecule has 2 saturated heterocycles. The first-order valence-electron chi connectivity index (χ1n) is 9.13. The fourth-order valence-corrected chi connectivity index (χ4v) is 6.36. The van der Waals surface area contributed by atoms with Crippen molar-refractivity contribution >= 4 is 56.0 Å². The van der Waals surface area contributed by atoms with E-state index in [0.29, 0.717) is 27.9 Å². The Balaban J connectivity index is 1.70. The van der Waals surface area contributed by atoms with Crippen LogP contribution in [0.2, 0.25) is 0 Å². The van der Waals surface area contributed by atoms with Gasteiger partial charge in [-0.15, -0.1) is 0 Å². The number of hydrogen-bond donors (Lipinski definition) is 0. The molecular weight excluding hydrogens is 432 g/mol. The van der Waals surface area contributed by atoms with E-state index < -0.39 is 9.84 Å². The number of carbonyl (C=O) groups is 2. The maximum atomic E-state index is 12.8. The van der Waals surface area contributed by atoms with Crippen molar-refractivity contribution in [2.45, 2.75) is 19.4 Å². The van der Waals surface area contributed by atoms with E-state index in [9.17, 15) is 18.0 Å². The zero-order valence-electron chi connectivity index (χ0n) is 16.2. The lowest BCUT2D eigenvalue weighted by Crippen LogP contribution is -2.47. The molecule has 3 rings (SSSR count). The Labute approximate surface area is 180 Å². The SMILES string of the molecule is CCN(C(=O)CN1C(=O)C(=Cc2ccc(OC)cc2)SC1=S)C1CCS(=O)(=O)C1. The molecule has 0 aliphatic carbocycles. The summed E-state index contributed by atoms with van der Waals surface area (Å²) in [6.45, 7) is 2.00. The molecule has 1 atom stereocenters. The molecule has 1 aromatic rings. The minimum Gasteiger partial charge on any atom is -0.497 e. The van der Waals surface area contributed by atoms with E-state index in [4.69, 9.17) is 17.0 Å². The van der Waals surface area contributed by atoms with Crippen LogP contribution in [-0.4, -0.2) is 72.1 Å². The quantitative estimate of drug-likeness (QED) is 0.480. The van der Waals surface area contributed by atoms with Crippen LogP contribution in [0.3, 0.4) is 0 Å². The average molecular weight is 455 g/mol. The molecule has 0 saturated carbocycles. The van der Waals surface area contributed by atoms with Crippen LogP contribution in [0, 0.1) is 0 Å². The van der Waals surface area contributed by atoms with E-state index in [1.54, 1.807) is 32.2 Å². The Morgan fingerprint density at radius 2 is 2.07 bits per heavy atom. The van der Waals surface area contributed by atoms with Crippen molar-refractivity contribution in [2.75, 3.05) is 31.7 Å². The van der Waals surface area contributed by atoms with Crippen LogP contribution in [0.15, 0.2) is 29.2 Å². The Kier molecular flexibility index (Phi) is 6.65. The van der Waals surface area contributed by atoms with E-state index in [1.165, 1.54) is 9.80 Å². The summed E-state index contributed by atoms with van der Waals surface area (Å²) in [5, 5.41) is 0. The lowest BCUT2D eigenvalue weighted by molar-refractivity contribution is -0.136. The minimum atomic E-state index is -3.10. The Morgan fingerprint density at radius 3 is 2.62 bits per heavy atom. The summed E-state index contributed by atoms with van der Waals surface area (Å²) in [6.07, 6.45) is 2.15. The Bertz CT molecular complexity index is 957. The fourth-order valence-electron chi connectivity index (χ4n) is 3.37. The van der Waals surface area contributed by atoms with Gasteiger partial charge in [0.2, 0.25) is 5.91 Å². The molecule has 7 nitrogen and oxygen atoms in total. The fraction of sp³-hybridized carbons (Fsp3) is 0.421. The molecule has 1 unspecified atom stereocenters.